The van der Waals surface area contributed by atoms with Gasteiger partial charge in [0.05, 0.1) is 23.3 Å². The van der Waals surface area contributed by atoms with E-state index in [9.17, 15) is 9.59 Å². The maximum Gasteiger partial charge on any atom is 0.290 e. The third kappa shape index (κ3) is 3.41. The lowest BCUT2D eigenvalue weighted by molar-refractivity contribution is 0.0723. The minimum atomic E-state index is -0.541. The molecule has 1 unspecified atom stereocenters. The molecule has 162 valence electrons. The molecule has 4 aromatic rings. The molecule has 1 amide bonds. The summed E-state index contributed by atoms with van der Waals surface area (Å²) < 4.78 is 8.02. The van der Waals surface area contributed by atoms with Gasteiger partial charge in [0.15, 0.2) is 5.43 Å². The molecule has 0 spiro atoms. The number of aryl methyl sites for hydroxylation is 3. The van der Waals surface area contributed by atoms with E-state index in [1.165, 1.54) is 0 Å². The van der Waals surface area contributed by atoms with Gasteiger partial charge in [-0.15, -0.1) is 0 Å². The van der Waals surface area contributed by atoms with Gasteiger partial charge in [-0.05, 0) is 61.2 Å². The normalized spacial score (nSPS) is 15.5. The zero-order valence-corrected chi connectivity index (χ0v) is 18.6. The van der Waals surface area contributed by atoms with Crippen molar-refractivity contribution >= 4 is 28.5 Å². The smallest absolute Gasteiger partial charge is 0.290 e. The molecule has 0 bridgehead atoms. The maximum absolute atomic E-state index is 13.6. The predicted molar refractivity (Wildman–Crippen MR) is 123 cm³/mol. The minimum absolute atomic E-state index is 0.123. The Hall–Kier alpha value is -3.38. The molecule has 1 atom stereocenters. The number of rotatable bonds is 5. The van der Waals surface area contributed by atoms with Gasteiger partial charge in [-0.1, -0.05) is 23.7 Å². The molecule has 0 aliphatic carbocycles. The predicted octanol–water partition coefficient (Wildman–Crippen LogP) is 4.90. The molecule has 0 saturated carbocycles. The van der Waals surface area contributed by atoms with E-state index in [0.717, 1.165) is 16.7 Å². The van der Waals surface area contributed by atoms with Crippen molar-refractivity contribution in [1.82, 2.24) is 14.5 Å². The van der Waals surface area contributed by atoms with E-state index in [1.54, 1.807) is 23.5 Å². The second-order valence-electron chi connectivity index (χ2n) is 8.22. The minimum Gasteiger partial charge on any atom is -0.450 e. The van der Waals surface area contributed by atoms with Crippen molar-refractivity contribution in [1.29, 1.82) is 0 Å². The van der Waals surface area contributed by atoms with Crippen LogP contribution in [0.1, 0.15) is 45.3 Å². The lowest BCUT2D eigenvalue weighted by atomic mass is 9.97. The molecule has 3 heterocycles. The van der Waals surface area contributed by atoms with Crippen LogP contribution in [0.4, 0.5) is 0 Å². The van der Waals surface area contributed by atoms with E-state index in [4.69, 9.17) is 16.0 Å². The molecule has 0 saturated heterocycles. The Labute approximate surface area is 190 Å². The molecule has 2 aromatic heterocycles. The zero-order chi connectivity index (χ0) is 22.4. The summed E-state index contributed by atoms with van der Waals surface area (Å²) >= 11 is 6.26. The molecule has 0 fully saturated rings. The topological polar surface area (TPSA) is 68.3 Å². The number of hydrogen-bond acceptors (Lipinski definition) is 4. The van der Waals surface area contributed by atoms with Crippen molar-refractivity contribution in [2.24, 2.45) is 0 Å². The Kier molecular flexibility index (Phi) is 5.10. The molecule has 7 heteroatoms. The first-order valence-electron chi connectivity index (χ1n) is 10.5. The molecule has 1 aliphatic heterocycles. The fourth-order valence-corrected chi connectivity index (χ4v) is 4.57. The highest BCUT2D eigenvalue weighted by atomic mass is 35.5. The lowest BCUT2D eigenvalue weighted by Gasteiger charge is -2.25. The van der Waals surface area contributed by atoms with Crippen molar-refractivity contribution in [2.45, 2.75) is 32.9 Å². The van der Waals surface area contributed by atoms with Gasteiger partial charge < -0.3 is 13.9 Å². The van der Waals surface area contributed by atoms with E-state index >= 15 is 0 Å². The maximum atomic E-state index is 13.6. The summed E-state index contributed by atoms with van der Waals surface area (Å²) in [6, 6.07) is 10.4. The van der Waals surface area contributed by atoms with Crippen molar-refractivity contribution in [3.63, 3.8) is 0 Å². The molecule has 2 aromatic carbocycles. The van der Waals surface area contributed by atoms with Crippen LogP contribution < -0.4 is 5.43 Å². The van der Waals surface area contributed by atoms with Crippen LogP contribution in [-0.2, 0) is 6.54 Å². The van der Waals surface area contributed by atoms with E-state index in [0.29, 0.717) is 41.1 Å². The van der Waals surface area contributed by atoms with Crippen molar-refractivity contribution in [3.05, 3.63) is 98.4 Å². The van der Waals surface area contributed by atoms with Gasteiger partial charge in [0.1, 0.15) is 5.58 Å². The highest BCUT2D eigenvalue weighted by Gasteiger charge is 2.42. The Morgan fingerprint density at radius 3 is 2.66 bits per heavy atom. The molecule has 5 rings (SSSR count). The number of aromatic nitrogens is 2. The summed E-state index contributed by atoms with van der Waals surface area (Å²) in [6.45, 7) is 5.10. The van der Waals surface area contributed by atoms with E-state index in [2.05, 4.69) is 4.98 Å². The average molecular weight is 448 g/mol. The van der Waals surface area contributed by atoms with Crippen molar-refractivity contribution in [2.75, 3.05) is 6.54 Å². The van der Waals surface area contributed by atoms with Gasteiger partial charge in [-0.3, -0.25) is 9.59 Å². The zero-order valence-electron chi connectivity index (χ0n) is 17.8. The number of nitrogens with zero attached hydrogens (tertiary/aromatic N) is 3. The number of imidazole rings is 1. The monoisotopic (exact) mass is 447 g/mol. The number of carbonyl (C=O) groups is 1. The first kappa shape index (κ1) is 20.5. The quantitative estimate of drug-likeness (QED) is 0.436. The van der Waals surface area contributed by atoms with Gasteiger partial charge in [-0.2, -0.15) is 0 Å². The van der Waals surface area contributed by atoms with Crippen LogP contribution in [0.5, 0.6) is 0 Å². The second-order valence-corrected chi connectivity index (χ2v) is 8.65. The fourth-order valence-electron chi connectivity index (χ4n) is 4.37. The molecular formula is C25H22ClN3O3. The third-order valence-corrected chi connectivity index (χ3v) is 6.36. The lowest BCUT2D eigenvalue weighted by Crippen LogP contribution is -2.31. The Balaban J connectivity index is 1.63. The van der Waals surface area contributed by atoms with Gasteiger partial charge >= 0.3 is 0 Å². The van der Waals surface area contributed by atoms with E-state index < -0.39 is 6.04 Å². The van der Waals surface area contributed by atoms with E-state index in [1.807, 2.05) is 54.9 Å². The number of fused-ring (bicyclic) bond motifs is 2. The van der Waals surface area contributed by atoms with Crippen LogP contribution in [0.2, 0.25) is 5.02 Å². The van der Waals surface area contributed by atoms with Gasteiger partial charge in [0, 0.05) is 30.5 Å². The molecule has 6 nitrogen and oxygen atoms in total. The number of amides is 1. The van der Waals surface area contributed by atoms with Crippen LogP contribution in [0.25, 0.3) is 11.0 Å². The van der Waals surface area contributed by atoms with Crippen LogP contribution in [0.15, 0.2) is 64.3 Å². The van der Waals surface area contributed by atoms with Crippen molar-refractivity contribution < 1.29 is 9.21 Å². The SMILES string of the molecule is Cc1cc2oc3c(c(=O)c2cc1C)C(c1cccc(Cl)c1)N(CCCn1ccnc1)C3=O. The van der Waals surface area contributed by atoms with Crippen LogP contribution in [0, 0.1) is 13.8 Å². The Morgan fingerprint density at radius 2 is 1.91 bits per heavy atom. The highest BCUT2D eigenvalue weighted by molar-refractivity contribution is 6.30. The number of hydrogen-bond donors (Lipinski definition) is 0. The largest absolute Gasteiger partial charge is 0.450 e. The molecule has 0 N–H and O–H groups in total. The summed E-state index contributed by atoms with van der Waals surface area (Å²) in [4.78, 5) is 32.8. The number of halogens is 1. The van der Waals surface area contributed by atoms with Crippen LogP contribution >= 0.6 is 11.6 Å². The summed E-state index contributed by atoms with van der Waals surface area (Å²) in [5.74, 6) is -0.147. The standard InChI is InChI=1S/C25H22ClN3O3/c1-15-11-19-20(12-16(15)2)32-24-21(23(19)30)22(17-5-3-6-18(26)13-17)29(25(24)31)9-4-8-28-10-7-27-14-28/h3,5-7,10-14,22H,4,8-9H2,1-2H3. The Morgan fingerprint density at radius 1 is 1.09 bits per heavy atom. The van der Waals surface area contributed by atoms with Gasteiger partial charge in [-0.25, -0.2) is 4.98 Å². The van der Waals surface area contributed by atoms with Gasteiger partial charge in [0.2, 0.25) is 5.76 Å². The summed E-state index contributed by atoms with van der Waals surface area (Å²) in [5, 5.41) is 1.05. The molecular weight excluding hydrogens is 426 g/mol. The highest BCUT2D eigenvalue weighted by Crippen LogP contribution is 2.39. The number of carbonyl (C=O) groups excluding carboxylic acids is 1. The first-order chi connectivity index (χ1) is 15.4. The first-order valence-corrected chi connectivity index (χ1v) is 10.9. The van der Waals surface area contributed by atoms with E-state index in [-0.39, 0.29) is 17.1 Å². The number of benzene rings is 2. The second kappa shape index (κ2) is 7.95. The Bertz CT molecular complexity index is 1390. The van der Waals surface area contributed by atoms with Gasteiger partial charge in [0.25, 0.3) is 5.91 Å². The average Bonchev–Trinajstić information content (AvgIpc) is 3.37. The summed E-state index contributed by atoms with van der Waals surface area (Å²) in [5.41, 5.74) is 3.47. The van der Waals surface area contributed by atoms with Crippen LogP contribution in [0.3, 0.4) is 0 Å². The summed E-state index contributed by atoms with van der Waals surface area (Å²) in [7, 11) is 0. The van der Waals surface area contributed by atoms with Crippen LogP contribution in [-0.4, -0.2) is 26.9 Å². The van der Waals surface area contributed by atoms with Crippen molar-refractivity contribution in [3.8, 4) is 0 Å². The molecule has 32 heavy (non-hydrogen) atoms. The third-order valence-electron chi connectivity index (χ3n) is 6.12. The summed E-state index contributed by atoms with van der Waals surface area (Å²) in [6.07, 6.45) is 6.07. The molecule has 1 aliphatic rings. The fraction of sp³-hybridized carbons (Fsp3) is 0.240. The molecule has 0 radical (unpaired) electrons.